The number of carbonyl (C=O) groups is 1. The molecular formula is C19H23N3O3S. The molecule has 2 fully saturated rings. The van der Waals surface area contributed by atoms with Crippen LogP contribution in [-0.4, -0.2) is 67.8 Å². The SMILES string of the molecule is O=C(N1CCCC1)N1CCN(S(=O)(=O)c2ccc3ccccc3c2)CC1. The molecule has 0 N–H and O–H groups in total. The summed E-state index contributed by atoms with van der Waals surface area (Å²) in [5.41, 5.74) is 0. The van der Waals surface area contributed by atoms with E-state index in [1.165, 1.54) is 4.31 Å². The van der Waals surface area contributed by atoms with Crippen molar-refractivity contribution in [3.63, 3.8) is 0 Å². The number of urea groups is 1. The number of carbonyl (C=O) groups excluding carboxylic acids is 1. The lowest BCUT2D eigenvalue weighted by Gasteiger charge is -2.36. The maximum Gasteiger partial charge on any atom is 0.320 e. The van der Waals surface area contributed by atoms with Gasteiger partial charge in [0.1, 0.15) is 0 Å². The van der Waals surface area contributed by atoms with Crippen molar-refractivity contribution in [2.75, 3.05) is 39.3 Å². The van der Waals surface area contributed by atoms with E-state index in [-0.39, 0.29) is 6.03 Å². The number of amides is 2. The van der Waals surface area contributed by atoms with E-state index >= 15 is 0 Å². The Kier molecular flexibility index (Phi) is 4.58. The van der Waals surface area contributed by atoms with E-state index in [1.807, 2.05) is 35.2 Å². The standard InChI is InChI=1S/C19H23N3O3S/c23-19(20-9-3-4-10-20)21-11-13-22(14-12-21)26(24,25)18-8-7-16-5-1-2-6-17(16)15-18/h1-2,5-8,15H,3-4,9-14H2. The Labute approximate surface area is 154 Å². The number of hydrogen-bond acceptors (Lipinski definition) is 3. The molecule has 2 aromatic carbocycles. The molecule has 138 valence electrons. The fourth-order valence-electron chi connectivity index (χ4n) is 3.71. The molecule has 0 radical (unpaired) electrons. The molecule has 0 spiro atoms. The van der Waals surface area contributed by atoms with Gasteiger partial charge in [-0.3, -0.25) is 0 Å². The number of nitrogens with zero attached hydrogens (tertiary/aromatic N) is 3. The van der Waals surface area contributed by atoms with Crippen LogP contribution < -0.4 is 0 Å². The zero-order chi connectivity index (χ0) is 18.1. The maximum atomic E-state index is 13.0. The minimum Gasteiger partial charge on any atom is -0.325 e. The fourth-order valence-corrected chi connectivity index (χ4v) is 5.16. The molecule has 7 heteroatoms. The van der Waals surface area contributed by atoms with E-state index in [1.54, 1.807) is 17.0 Å². The molecule has 4 rings (SSSR count). The van der Waals surface area contributed by atoms with E-state index in [9.17, 15) is 13.2 Å². The van der Waals surface area contributed by atoms with E-state index in [4.69, 9.17) is 0 Å². The van der Waals surface area contributed by atoms with Crippen molar-refractivity contribution in [2.24, 2.45) is 0 Å². The summed E-state index contributed by atoms with van der Waals surface area (Å²) in [5.74, 6) is 0. The zero-order valence-electron chi connectivity index (χ0n) is 14.7. The van der Waals surface area contributed by atoms with E-state index in [2.05, 4.69) is 0 Å². The number of piperazine rings is 1. The molecule has 2 aliphatic heterocycles. The predicted molar refractivity (Wildman–Crippen MR) is 100 cm³/mol. The van der Waals surface area contributed by atoms with Crippen molar-refractivity contribution in [2.45, 2.75) is 17.7 Å². The van der Waals surface area contributed by atoms with Crippen LogP contribution in [-0.2, 0) is 10.0 Å². The Hall–Kier alpha value is -2.12. The van der Waals surface area contributed by atoms with Crippen molar-refractivity contribution in [3.8, 4) is 0 Å². The average Bonchev–Trinajstić information content (AvgIpc) is 3.22. The molecule has 2 aliphatic rings. The second-order valence-corrected chi connectivity index (χ2v) is 8.81. The van der Waals surface area contributed by atoms with Gasteiger partial charge in [-0.05, 0) is 35.7 Å². The third-order valence-electron chi connectivity index (χ3n) is 5.24. The monoisotopic (exact) mass is 373 g/mol. The van der Waals surface area contributed by atoms with Gasteiger partial charge < -0.3 is 9.80 Å². The first-order valence-corrected chi connectivity index (χ1v) is 10.5. The van der Waals surface area contributed by atoms with Crippen molar-refractivity contribution >= 4 is 26.8 Å². The summed E-state index contributed by atoms with van der Waals surface area (Å²) >= 11 is 0. The summed E-state index contributed by atoms with van der Waals surface area (Å²) in [4.78, 5) is 16.4. The van der Waals surface area contributed by atoms with Crippen LogP contribution in [0.15, 0.2) is 47.4 Å². The average molecular weight is 373 g/mol. The first kappa shape index (κ1) is 17.3. The van der Waals surface area contributed by atoms with Gasteiger partial charge in [-0.15, -0.1) is 0 Å². The van der Waals surface area contributed by atoms with Crippen molar-refractivity contribution in [1.29, 1.82) is 0 Å². The highest BCUT2D eigenvalue weighted by Crippen LogP contribution is 2.23. The number of hydrogen-bond donors (Lipinski definition) is 0. The number of likely N-dealkylation sites (tertiary alicyclic amines) is 1. The summed E-state index contributed by atoms with van der Waals surface area (Å²) in [6, 6.07) is 13.0. The molecule has 2 amide bonds. The first-order chi connectivity index (χ1) is 12.6. The van der Waals surface area contributed by atoms with Gasteiger partial charge in [-0.2, -0.15) is 4.31 Å². The van der Waals surface area contributed by atoms with Crippen LogP contribution in [0.2, 0.25) is 0 Å². The maximum absolute atomic E-state index is 13.0. The molecule has 0 unspecified atom stereocenters. The molecule has 6 nitrogen and oxygen atoms in total. The van der Waals surface area contributed by atoms with Crippen LogP contribution in [0.25, 0.3) is 10.8 Å². The van der Waals surface area contributed by atoms with Gasteiger partial charge in [-0.25, -0.2) is 13.2 Å². The highest BCUT2D eigenvalue weighted by molar-refractivity contribution is 7.89. The minimum atomic E-state index is -3.54. The second-order valence-electron chi connectivity index (χ2n) is 6.88. The van der Waals surface area contributed by atoms with Gasteiger partial charge in [0.15, 0.2) is 0 Å². The quantitative estimate of drug-likeness (QED) is 0.812. The topological polar surface area (TPSA) is 60.9 Å². The van der Waals surface area contributed by atoms with Crippen LogP contribution in [0.3, 0.4) is 0 Å². The van der Waals surface area contributed by atoms with Crippen molar-refractivity contribution in [1.82, 2.24) is 14.1 Å². The highest BCUT2D eigenvalue weighted by Gasteiger charge is 2.32. The molecular weight excluding hydrogens is 350 g/mol. The third-order valence-corrected chi connectivity index (χ3v) is 7.14. The smallest absolute Gasteiger partial charge is 0.320 e. The second kappa shape index (κ2) is 6.89. The van der Waals surface area contributed by atoms with Gasteiger partial charge >= 0.3 is 6.03 Å². The number of rotatable bonds is 2. The minimum absolute atomic E-state index is 0.0465. The van der Waals surface area contributed by atoms with Gasteiger partial charge in [0.2, 0.25) is 10.0 Å². The lowest BCUT2D eigenvalue weighted by Crippen LogP contribution is -2.53. The first-order valence-electron chi connectivity index (χ1n) is 9.08. The van der Waals surface area contributed by atoms with Crippen LogP contribution in [0.1, 0.15) is 12.8 Å². The molecule has 0 aromatic heterocycles. The van der Waals surface area contributed by atoms with Gasteiger partial charge in [0.25, 0.3) is 0 Å². The molecule has 0 aliphatic carbocycles. The fraction of sp³-hybridized carbons (Fsp3) is 0.421. The molecule has 0 bridgehead atoms. The molecule has 26 heavy (non-hydrogen) atoms. The molecule has 2 saturated heterocycles. The number of fused-ring (bicyclic) bond motifs is 1. The van der Waals surface area contributed by atoms with Gasteiger partial charge in [-0.1, -0.05) is 30.3 Å². The molecule has 0 saturated carbocycles. The summed E-state index contributed by atoms with van der Waals surface area (Å²) in [5, 5.41) is 1.93. The van der Waals surface area contributed by atoms with E-state index in [0.717, 1.165) is 36.7 Å². The molecule has 2 heterocycles. The Morgan fingerprint density at radius 2 is 1.38 bits per heavy atom. The summed E-state index contributed by atoms with van der Waals surface area (Å²) in [7, 11) is -3.54. The van der Waals surface area contributed by atoms with E-state index < -0.39 is 10.0 Å². The predicted octanol–water partition coefficient (Wildman–Crippen LogP) is 2.36. The molecule has 0 atom stereocenters. The summed E-state index contributed by atoms with van der Waals surface area (Å²) in [6.45, 7) is 3.21. The van der Waals surface area contributed by atoms with Crippen LogP contribution in [0.5, 0.6) is 0 Å². The Bertz CT molecular complexity index is 915. The Balaban J connectivity index is 1.47. The Morgan fingerprint density at radius 3 is 2.08 bits per heavy atom. The number of sulfonamides is 1. The highest BCUT2D eigenvalue weighted by atomic mass is 32.2. The Morgan fingerprint density at radius 1 is 0.769 bits per heavy atom. The van der Waals surface area contributed by atoms with Crippen LogP contribution in [0.4, 0.5) is 4.79 Å². The lowest BCUT2D eigenvalue weighted by atomic mass is 10.1. The number of benzene rings is 2. The lowest BCUT2D eigenvalue weighted by molar-refractivity contribution is 0.142. The van der Waals surface area contributed by atoms with Gasteiger partial charge in [0.05, 0.1) is 4.90 Å². The zero-order valence-corrected chi connectivity index (χ0v) is 15.5. The normalized spacial score (nSPS) is 19.2. The molecule has 2 aromatic rings. The van der Waals surface area contributed by atoms with Crippen molar-refractivity contribution in [3.05, 3.63) is 42.5 Å². The summed E-state index contributed by atoms with van der Waals surface area (Å²) < 4.78 is 27.4. The van der Waals surface area contributed by atoms with Gasteiger partial charge in [0, 0.05) is 39.3 Å². The van der Waals surface area contributed by atoms with Crippen LogP contribution >= 0.6 is 0 Å². The van der Waals surface area contributed by atoms with E-state index in [0.29, 0.717) is 31.1 Å². The largest absolute Gasteiger partial charge is 0.325 e. The van der Waals surface area contributed by atoms with Crippen LogP contribution in [0, 0.1) is 0 Å². The summed E-state index contributed by atoms with van der Waals surface area (Å²) in [6.07, 6.45) is 2.12. The third kappa shape index (κ3) is 3.17. The van der Waals surface area contributed by atoms with Crippen molar-refractivity contribution < 1.29 is 13.2 Å².